The molecular formula is C17H16BrCl2N. The van der Waals surface area contributed by atoms with Gasteiger partial charge in [-0.15, -0.1) is 0 Å². The van der Waals surface area contributed by atoms with Gasteiger partial charge in [-0.2, -0.15) is 0 Å². The van der Waals surface area contributed by atoms with Gasteiger partial charge in [-0.3, -0.25) is 0 Å². The fourth-order valence-corrected chi connectivity index (χ4v) is 4.30. The van der Waals surface area contributed by atoms with Crippen LogP contribution in [0.3, 0.4) is 0 Å². The van der Waals surface area contributed by atoms with E-state index < -0.39 is 0 Å². The van der Waals surface area contributed by atoms with E-state index in [1.165, 1.54) is 11.1 Å². The van der Waals surface area contributed by atoms with Gasteiger partial charge < -0.3 is 5.32 Å². The summed E-state index contributed by atoms with van der Waals surface area (Å²) in [5, 5.41) is 5.06. The van der Waals surface area contributed by atoms with Gasteiger partial charge in [0.2, 0.25) is 0 Å². The molecule has 1 fully saturated rings. The first-order chi connectivity index (χ1) is 10.1. The Bertz CT molecular complexity index is 644. The average Bonchev–Trinajstić information content (AvgIpc) is 2.47. The van der Waals surface area contributed by atoms with Crippen LogP contribution in [0, 0.1) is 0 Å². The van der Waals surface area contributed by atoms with Gasteiger partial charge in [0, 0.05) is 27.0 Å². The van der Waals surface area contributed by atoms with E-state index in [9.17, 15) is 0 Å². The summed E-state index contributed by atoms with van der Waals surface area (Å²) in [4.78, 5) is 0. The number of benzene rings is 2. The van der Waals surface area contributed by atoms with Gasteiger partial charge in [0.1, 0.15) is 0 Å². The van der Waals surface area contributed by atoms with Crippen LogP contribution < -0.4 is 5.32 Å². The molecule has 2 aromatic carbocycles. The molecule has 0 saturated carbocycles. The maximum Gasteiger partial charge on any atom is 0.0417 e. The van der Waals surface area contributed by atoms with E-state index in [4.69, 9.17) is 23.2 Å². The molecule has 21 heavy (non-hydrogen) atoms. The molecule has 1 heterocycles. The van der Waals surface area contributed by atoms with Gasteiger partial charge >= 0.3 is 0 Å². The molecule has 2 unspecified atom stereocenters. The minimum absolute atomic E-state index is 0.426. The Morgan fingerprint density at radius 3 is 2.57 bits per heavy atom. The monoisotopic (exact) mass is 383 g/mol. The zero-order chi connectivity index (χ0) is 14.8. The van der Waals surface area contributed by atoms with Gasteiger partial charge in [-0.25, -0.2) is 0 Å². The molecule has 3 rings (SSSR count). The van der Waals surface area contributed by atoms with Crippen molar-refractivity contribution < 1.29 is 0 Å². The maximum atomic E-state index is 6.16. The van der Waals surface area contributed by atoms with Crippen molar-refractivity contribution in [2.45, 2.75) is 18.3 Å². The fraction of sp³-hybridized carbons (Fsp3) is 0.294. The summed E-state index contributed by atoms with van der Waals surface area (Å²) < 4.78 is 1.09. The fourth-order valence-electron chi connectivity index (χ4n) is 3.12. The van der Waals surface area contributed by atoms with Crippen molar-refractivity contribution in [3.05, 3.63) is 68.1 Å². The van der Waals surface area contributed by atoms with E-state index in [1.807, 2.05) is 24.3 Å². The Morgan fingerprint density at radius 1 is 1.00 bits per heavy atom. The molecule has 0 spiro atoms. The van der Waals surface area contributed by atoms with Crippen LogP contribution in [0.2, 0.25) is 10.0 Å². The smallest absolute Gasteiger partial charge is 0.0417 e. The Morgan fingerprint density at radius 2 is 1.81 bits per heavy atom. The third-order valence-corrected chi connectivity index (χ3v) is 5.28. The van der Waals surface area contributed by atoms with Crippen LogP contribution in [-0.4, -0.2) is 13.1 Å². The highest BCUT2D eigenvalue weighted by Crippen LogP contribution is 2.41. The highest BCUT2D eigenvalue weighted by molar-refractivity contribution is 9.10. The predicted molar refractivity (Wildman–Crippen MR) is 93.6 cm³/mol. The van der Waals surface area contributed by atoms with E-state index >= 15 is 0 Å². The predicted octanol–water partition coefficient (Wildman–Crippen LogP) is 5.62. The molecule has 0 amide bonds. The lowest BCUT2D eigenvalue weighted by atomic mass is 9.77. The first-order valence-electron chi connectivity index (χ1n) is 7.06. The number of rotatable bonds is 2. The Balaban J connectivity index is 1.98. The third-order valence-electron chi connectivity index (χ3n) is 4.12. The van der Waals surface area contributed by atoms with Gasteiger partial charge in [-0.05, 0) is 54.3 Å². The molecule has 110 valence electrons. The first kappa shape index (κ1) is 15.4. The van der Waals surface area contributed by atoms with Crippen molar-refractivity contribution in [2.24, 2.45) is 0 Å². The largest absolute Gasteiger partial charge is 0.316 e. The minimum atomic E-state index is 0.426. The molecule has 0 aliphatic carbocycles. The van der Waals surface area contributed by atoms with Gasteiger partial charge in [0.25, 0.3) is 0 Å². The molecule has 1 N–H and O–H groups in total. The van der Waals surface area contributed by atoms with Crippen molar-refractivity contribution in [1.82, 2.24) is 5.32 Å². The number of hydrogen-bond donors (Lipinski definition) is 1. The standard InChI is InChI=1S/C17H16BrCl2N/c18-17-9-13(20)4-5-15(17)14-6-7-21-10-16(14)11-2-1-3-12(19)8-11/h1-5,8-9,14,16,21H,6-7,10H2. The second-order valence-corrected chi connectivity index (χ2v) is 7.15. The van der Waals surface area contributed by atoms with Crippen LogP contribution >= 0.6 is 39.1 Å². The van der Waals surface area contributed by atoms with Crippen LogP contribution in [0.4, 0.5) is 0 Å². The quantitative estimate of drug-likeness (QED) is 0.708. The van der Waals surface area contributed by atoms with Crippen LogP contribution in [0.1, 0.15) is 29.4 Å². The minimum Gasteiger partial charge on any atom is -0.316 e. The summed E-state index contributed by atoms with van der Waals surface area (Å²) in [5.74, 6) is 0.895. The number of nitrogens with one attached hydrogen (secondary N) is 1. The van der Waals surface area contributed by atoms with Crippen LogP contribution in [-0.2, 0) is 0 Å². The van der Waals surface area contributed by atoms with Crippen LogP contribution in [0.15, 0.2) is 46.9 Å². The topological polar surface area (TPSA) is 12.0 Å². The molecule has 0 bridgehead atoms. The highest BCUT2D eigenvalue weighted by Gasteiger charge is 2.29. The Hall–Kier alpha value is -0.540. The summed E-state index contributed by atoms with van der Waals surface area (Å²) >= 11 is 15.9. The lowest BCUT2D eigenvalue weighted by molar-refractivity contribution is 0.403. The van der Waals surface area contributed by atoms with E-state index in [0.717, 1.165) is 34.0 Å². The lowest BCUT2D eigenvalue weighted by Gasteiger charge is -2.33. The summed E-state index contributed by atoms with van der Waals surface area (Å²) in [6.45, 7) is 2.01. The second kappa shape index (κ2) is 6.70. The molecule has 0 aromatic heterocycles. The number of halogens is 3. The molecule has 1 aliphatic rings. The van der Waals surface area contributed by atoms with Crippen LogP contribution in [0.25, 0.3) is 0 Å². The highest BCUT2D eigenvalue weighted by atomic mass is 79.9. The molecule has 0 radical (unpaired) electrons. The SMILES string of the molecule is Clc1cccc(C2CNCCC2c2ccc(Cl)cc2Br)c1. The molecule has 2 atom stereocenters. The van der Waals surface area contributed by atoms with E-state index in [0.29, 0.717) is 11.8 Å². The summed E-state index contributed by atoms with van der Waals surface area (Å²) in [5.41, 5.74) is 2.62. The summed E-state index contributed by atoms with van der Waals surface area (Å²) in [6, 6.07) is 14.3. The van der Waals surface area contributed by atoms with Gasteiger partial charge in [-0.1, -0.05) is 57.3 Å². The zero-order valence-corrected chi connectivity index (χ0v) is 14.5. The second-order valence-electron chi connectivity index (χ2n) is 5.43. The number of hydrogen-bond acceptors (Lipinski definition) is 1. The molecule has 1 nitrogen and oxygen atoms in total. The molecular weight excluding hydrogens is 369 g/mol. The third kappa shape index (κ3) is 3.45. The number of piperidine rings is 1. The molecule has 4 heteroatoms. The Labute approximate surface area is 143 Å². The van der Waals surface area contributed by atoms with E-state index in [1.54, 1.807) is 0 Å². The van der Waals surface area contributed by atoms with Crippen molar-refractivity contribution in [2.75, 3.05) is 13.1 Å². The van der Waals surface area contributed by atoms with Crippen molar-refractivity contribution in [3.8, 4) is 0 Å². The van der Waals surface area contributed by atoms with Gasteiger partial charge in [0.15, 0.2) is 0 Å². The van der Waals surface area contributed by atoms with E-state index in [-0.39, 0.29) is 0 Å². The maximum absolute atomic E-state index is 6.16. The molecule has 1 aliphatic heterocycles. The Kier molecular flexibility index (Phi) is 4.90. The van der Waals surface area contributed by atoms with Crippen LogP contribution in [0.5, 0.6) is 0 Å². The van der Waals surface area contributed by atoms with Crippen molar-refractivity contribution in [1.29, 1.82) is 0 Å². The summed E-state index contributed by atoms with van der Waals surface area (Å²) in [6.07, 6.45) is 1.11. The zero-order valence-electron chi connectivity index (χ0n) is 11.5. The summed E-state index contributed by atoms with van der Waals surface area (Å²) in [7, 11) is 0. The first-order valence-corrected chi connectivity index (χ1v) is 8.61. The van der Waals surface area contributed by atoms with E-state index in [2.05, 4.69) is 39.4 Å². The average molecular weight is 385 g/mol. The molecule has 2 aromatic rings. The lowest BCUT2D eigenvalue weighted by Crippen LogP contribution is -2.34. The normalized spacial score (nSPS) is 22.2. The van der Waals surface area contributed by atoms with Gasteiger partial charge in [0.05, 0.1) is 0 Å². The molecule has 1 saturated heterocycles. The van der Waals surface area contributed by atoms with Crippen molar-refractivity contribution in [3.63, 3.8) is 0 Å². The van der Waals surface area contributed by atoms with Crippen molar-refractivity contribution >= 4 is 39.1 Å².